The molecule has 0 atom stereocenters. The van der Waals surface area contributed by atoms with Gasteiger partial charge in [0.15, 0.2) is 5.78 Å². The first-order valence-electron chi connectivity index (χ1n) is 6.27. The Morgan fingerprint density at radius 1 is 1.10 bits per heavy atom. The molecule has 2 rings (SSSR count). The van der Waals surface area contributed by atoms with Crippen LogP contribution in [0.2, 0.25) is 0 Å². The molecule has 0 saturated carbocycles. The molecule has 1 aromatic carbocycles. The minimum absolute atomic E-state index is 0.260. The molecule has 0 N–H and O–H groups in total. The van der Waals surface area contributed by atoms with Crippen LogP contribution in [-0.2, 0) is 0 Å². The van der Waals surface area contributed by atoms with Gasteiger partial charge in [-0.2, -0.15) is 0 Å². The second-order valence-corrected chi connectivity index (χ2v) is 4.57. The number of allylic oxidation sites excluding steroid dienone is 1. The highest BCUT2D eigenvalue weighted by Gasteiger charge is 2.05. The standard InChI is InChI=1S/C16H15FN2O/c1-10-11(2)19-15(12(3)18-10)7-8-16(20)13-5-4-6-14(17)9-13/h4-9H,1-3H3/b8-7+. The lowest BCUT2D eigenvalue weighted by Gasteiger charge is -2.03. The van der Waals surface area contributed by atoms with E-state index in [1.54, 1.807) is 12.1 Å². The van der Waals surface area contributed by atoms with Crippen molar-refractivity contribution in [3.8, 4) is 0 Å². The molecule has 0 aliphatic rings. The molecule has 2 aromatic rings. The van der Waals surface area contributed by atoms with E-state index in [9.17, 15) is 9.18 Å². The summed E-state index contributed by atoms with van der Waals surface area (Å²) in [6.07, 6.45) is 3.00. The molecule has 0 saturated heterocycles. The Morgan fingerprint density at radius 2 is 1.80 bits per heavy atom. The number of carbonyl (C=O) groups excluding carboxylic acids is 1. The van der Waals surface area contributed by atoms with Gasteiger partial charge in [-0.05, 0) is 45.1 Å². The van der Waals surface area contributed by atoms with E-state index >= 15 is 0 Å². The second kappa shape index (κ2) is 5.74. The highest BCUT2D eigenvalue weighted by atomic mass is 19.1. The molecule has 1 aromatic heterocycles. The number of aromatic nitrogens is 2. The predicted molar refractivity (Wildman–Crippen MR) is 76.0 cm³/mol. The van der Waals surface area contributed by atoms with Gasteiger partial charge in [0.25, 0.3) is 0 Å². The van der Waals surface area contributed by atoms with Gasteiger partial charge in [0.05, 0.1) is 22.8 Å². The Hall–Kier alpha value is -2.36. The summed E-state index contributed by atoms with van der Waals surface area (Å²) >= 11 is 0. The van der Waals surface area contributed by atoms with E-state index in [0.717, 1.165) is 17.1 Å². The number of rotatable bonds is 3. The number of carbonyl (C=O) groups is 1. The Labute approximate surface area is 117 Å². The van der Waals surface area contributed by atoms with E-state index < -0.39 is 5.82 Å². The number of ketones is 1. The predicted octanol–water partition coefficient (Wildman–Crippen LogP) is 3.44. The molecular weight excluding hydrogens is 255 g/mol. The van der Waals surface area contributed by atoms with E-state index in [4.69, 9.17) is 0 Å². The molecule has 0 aliphatic heterocycles. The molecule has 0 unspecified atom stereocenters. The summed E-state index contributed by atoms with van der Waals surface area (Å²) in [5.74, 6) is -0.685. The van der Waals surface area contributed by atoms with Crippen molar-refractivity contribution in [3.05, 3.63) is 64.5 Å². The first-order chi connectivity index (χ1) is 9.47. The smallest absolute Gasteiger partial charge is 0.186 e. The van der Waals surface area contributed by atoms with Crippen LogP contribution in [0, 0.1) is 26.6 Å². The average molecular weight is 270 g/mol. The van der Waals surface area contributed by atoms with Crippen LogP contribution in [0.25, 0.3) is 6.08 Å². The monoisotopic (exact) mass is 270 g/mol. The van der Waals surface area contributed by atoms with Crippen LogP contribution in [0.3, 0.4) is 0 Å². The Kier molecular flexibility index (Phi) is 4.03. The van der Waals surface area contributed by atoms with Crippen molar-refractivity contribution in [2.24, 2.45) is 0 Å². The maximum atomic E-state index is 13.1. The van der Waals surface area contributed by atoms with E-state index in [2.05, 4.69) is 9.97 Å². The SMILES string of the molecule is Cc1nc(C)c(/C=C/C(=O)c2cccc(F)c2)nc1C. The topological polar surface area (TPSA) is 42.9 Å². The molecule has 0 radical (unpaired) electrons. The molecule has 102 valence electrons. The number of nitrogens with zero attached hydrogens (tertiary/aromatic N) is 2. The highest BCUT2D eigenvalue weighted by molar-refractivity contribution is 6.06. The van der Waals surface area contributed by atoms with Crippen LogP contribution in [-0.4, -0.2) is 15.8 Å². The number of hydrogen-bond donors (Lipinski definition) is 0. The summed E-state index contributed by atoms with van der Waals surface area (Å²) in [4.78, 5) is 20.7. The Balaban J connectivity index is 2.26. The fourth-order valence-corrected chi connectivity index (χ4v) is 1.78. The summed E-state index contributed by atoms with van der Waals surface area (Å²) in [6.45, 7) is 5.60. The highest BCUT2D eigenvalue weighted by Crippen LogP contribution is 2.10. The summed E-state index contributed by atoms with van der Waals surface area (Å²) in [6, 6.07) is 5.61. The zero-order valence-corrected chi connectivity index (χ0v) is 11.6. The van der Waals surface area contributed by atoms with Gasteiger partial charge < -0.3 is 0 Å². The van der Waals surface area contributed by atoms with Crippen LogP contribution in [0.5, 0.6) is 0 Å². The normalized spacial score (nSPS) is 11.0. The van der Waals surface area contributed by atoms with Crippen molar-refractivity contribution in [2.75, 3.05) is 0 Å². The average Bonchev–Trinajstić information content (AvgIpc) is 2.41. The molecule has 3 nitrogen and oxygen atoms in total. The first-order valence-corrected chi connectivity index (χ1v) is 6.27. The Bertz CT molecular complexity index is 693. The minimum Gasteiger partial charge on any atom is -0.289 e. The van der Waals surface area contributed by atoms with Crippen molar-refractivity contribution in [2.45, 2.75) is 20.8 Å². The Morgan fingerprint density at radius 3 is 2.50 bits per heavy atom. The minimum atomic E-state index is -0.425. The molecule has 0 spiro atoms. The van der Waals surface area contributed by atoms with Gasteiger partial charge in [-0.15, -0.1) is 0 Å². The largest absolute Gasteiger partial charge is 0.289 e. The summed E-state index contributed by atoms with van der Waals surface area (Å²) in [5.41, 5.74) is 3.43. The van der Waals surface area contributed by atoms with E-state index in [0.29, 0.717) is 11.3 Å². The van der Waals surface area contributed by atoms with E-state index in [1.165, 1.54) is 24.3 Å². The van der Waals surface area contributed by atoms with Crippen LogP contribution < -0.4 is 0 Å². The lowest BCUT2D eigenvalue weighted by atomic mass is 10.1. The fourth-order valence-electron chi connectivity index (χ4n) is 1.78. The van der Waals surface area contributed by atoms with Gasteiger partial charge in [-0.1, -0.05) is 12.1 Å². The van der Waals surface area contributed by atoms with Crippen molar-refractivity contribution >= 4 is 11.9 Å². The zero-order chi connectivity index (χ0) is 14.7. The molecule has 1 heterocycles. The third kappa shape index (κ3) is 3.15. The maximum Gasteiger partial charge on any atom is 0.186 e. The van der Waals surface area contributed by atoms with Gasteiger partial charge in [0.1, 0.15) is 5.82 Å². The lowest BCUT2D eigenvalue weighted by Crippen LogP contribution is -2.00. The van der Waals surface area contributed by atoms with Gasteiger partial charge in [0, 0.05) is 5.56 Å². The van der Waals surface area contributed by atoms with Crippen molar-refractivity contribution in [1.29, 1.82) is 0 Å². The second-order valence-electron chi connectivity index (χ2n) is 4.57. The number of hydrogen-bond acceptors (Lipinski definition) is 3. The molecular formula is C16H15FN2O. The third-order valence-electron chi connectivity index (χ3n) is 3.02. The fraction of sp³-hybridized carbons (Fsp3) is 0.188. The van der Waals surface area contributed by atoms with Crippen LogP contribution in [0.4, 0.5) is 4.39 Å². The zero-order valence-electron chi connectivity index (χ0n) is 11.6. The molecule has 4 heteroatoms. The molecule has 0 bridgehead atoms. The van der Waals surface area contributed by atoms with Gasteiger partial charge >= 0.3 is 0 Å². The van der Waals surface area contributed by atoms with Crippen LogP contribution in [0.15, 0.2) is 30.3 Å². The maximum absolute atomic E-state index is 13.1. The van der Waals surface area contributed by atoms with Gasteiger partial charge in [-0.25, -0.2) is 9.37 Å². The van der Waals surface area contributed by atoms with Crippen molar-refractivity contribution < 1.29 is 9.18 Å². The molecule has 0 fully saturated rings. The van der Waals surface area contributed by atoms with E-state index in [-0.39, 0.29) is 5.78 Å². The summed E-state index contributed by atoms with van der Waals surface area (Å²) in [5, 5.41) is 0. The lowest BCUT2D eigenvalue weighted by molar-refractivity contribution is 0.104. The first kappa shape index (κ1) is 14.1. The van der Waals surface area contributed by atoms with Crippen LogP contribution >= 0.6 is 0 Å². The van der Waals surface area contributed by atoms with Gasteiger partial charge in [0.2, 0.25) is 0 Å². The van der Waals surface area contributed by atoms with Crippen molar-refractivity contribution in [1.82, 2.24) is 9.97 Å². The quantitative estimate of drug-likeness (QED) is 0.634. The van der Waals surface area contributed by atoms with Crippen molar-refractivity contribution in [3.63, 3.8) is 0 Å². The number of halogens is 1. The van der Waals surface area contributed by atoms with Crippen LogP contribution in [0.1, 0.15) is 33.1 Å². The van der Waals surface area contributed by atoms with Gasteiger partial charge in [-0.3, -0.25) is 9.78 Å². The number of aryl methyl sites for hydroxylation is 3. The molecule has 0 amide bonds. The summed E-state index contributed by atoms with van der Waals surface area (Å²) in [7, 11) is 0. The molecule has 0 aliphatic carbocycles. The summed E-state index contributed by atoms with van der Waals surface area (Å²) < 4.78 is 13.1. The molecule has 20 heavy (non-hydrogen) atoms. The number of benzene rings is 1. The van der Waals surface area contributed by atoms with E-state index in [1.807, 2.05) is 20.8 Å². The third-order valence-corrected chi connectivity index (χ3v) is 3.02.